The Labute approximate surface area is 108 Å². The van der Waals surface area contributed by atoms with Crippen LogP contribution < -0.4 is 5.32 Å². The van der Waals surface area contributed by atoms with E-state index in [1.807, 2.05) is 0 Å². The van der Waals surface area contributed by atoms with Crippen molar-refractivity contribution in [3.05, 3.63) is 28.2 Å². The number of nitrogens with one attached hydrogen (secondary N) is 1. The molecule has 2 heteroatoms. The van der Waals surface area contributed by atoms with E-state index in [9.17, 15) is 0 Å². The highest BCUT2D eigenvalue weighted by Gasteiger charge is 2.00. The summed E-state index contributed by atoms with van der Waals surface area (Å²) < 4.78 is 1.17. The van der Waals surface area contributed by atoms with Crippen LogP contribution in [0.25, 0.3) is 0 Å². The van der Waals surface area contributed by atoms with Gasteiger partial charge in [0, 0.05) is 16.7 Å². The van der Waals surface area contributed by atoms with Gasteiger partial charge in [0.15, 0.2) is 0 Å². The third-order valence-electron chi connectivity index (χ3n) is 2.79. The highest BCUT2D eigenvalue weighted by atomic mass is 79.9. The molecule has 0 aliphatic heterocycles. The van der Waals surface area contributed by atoms with Gasteiger partial charge in [0.2, 0.25) is 0 Å². The molecule has 1 aromatic rings. The molecule has 90 valence electrons. The number of unbranched alkanes of at least 4 members (excludes halogenated alkanes) is 3. The highest BCUT2D eigenvalue weighted by molar-refractivity contribution is 9.10. The fraction of sp³-hybridized carbons (Fsp3) is 0.571. The maximum Gasteiger partial charge on any atom is 0.0373 e. The van der Waals surface area contributed by atoms with E-state index in [-0.39, 0.29) is 0 Å². The SMILES string of the molecule is CCCCCCNc1ccc(Br)cc1CC. The molecule has 0 bridgehead atoms. The van der Waals surface area contributed by atoms with Crippen molar-refractivity contribution < 1.29 is 0 Å². The first kappa shape index (κ1) is 13.6. The summed E-state index contributed by atoms with van der Waals surface area (Å²) in [7, 11) is 0. The van der Waals surface area contributed by atoms with Crippen molar-refractivity contribution >= 4 is 21.6 Å². The monoisotopic (exact) mass is 283 g/mol. The second-order valence-corrected chi connectivity index (χ2v) is 5.06. The molecule has 0 aliphatic rings. The number of benzene rings is 1. The van der Waals surface area contributed by atoms with E-state index < -0.39 is 0 Å². The zero-order valence-electron chi connectivity index (χ0n) is 10.4. The molecule has 0 unspecified atom stereocenters. The predicted molar refractivity (Wildman–Crippen MR) is 76.2 cm³/mol. The lowest BCUT2D eigenvalue weighted by atomic mass is 10.1. The summed E-state index contributed by atoms with van der Waals surface area (Å²) in [5, 5.41) is 3.53. The molecule has 0 saturated heterocycles. The Bertz CT molecular complexity index is 310. The topological polar surface area (TPSA) is 12.0 Å². The summed E-state index contributed by atoms with van der Waals surface area (Å²) in [6.07, 6.45) is 6.34. The van der Waals surface area contributed by atoms with E-state index in [2.05, 4.69) is 53.3 Å². The van der Waals surface area contributed by atoms with Crippen LogP contribution in [0.5, 0.6) is 0 Å². The quantitative estimate of drug-likeness (QED) is 0.694. The van der Waals surface area contributed by atoms with Crippen LogP contribution in [0.4, 0.5) is 5.69 Å². The average Bonchev–Trinajstić information content (AvgIpc) is 2.30. The Morgan fingerprint density at radius 1 is 1.12 bits per heavy atom. The highest BCUT2D eigenvalue weighted by Crippen LogP contribution is 2.21. The van der Waals surface area contributed by atoms with E-state index in [0.29, 0.717) is 0 Å². The Hall–Kier alpha value is -0.500. The molecule has 1 aromatic carbocycles. The van der Waals surface area contributed by atoms with Crippen molar-refractivity contribution in [2.75, 3.05) is 11.9 Å². The molecule has 1 N–H and O–H groups in total. The van der Waals surface area contributed by atoms with Crippen LogP contribution in [0.2, 0.25) is 0 Å². The molecule has 16 heavy (non-hydrogen) atoms. The maximum atomic E-state index is 3.53. The van der Waals surface area contributed by atoms with Gasteiger partial charge >= 0.3 is 0 Å². The van der Waals surface area contributed by atoms with Gasteiger partial charge in [0.1, 0.15) is 0 Å². The van der Waals surface area contributed by atoms with Gasteiger partial charge in [-0.25, -0.2) is 0 Å². The van der Waals surface area contributed by atoms with E-state index in [0.717, 1.165) is 13.0 Å². The van der Waals surface area contributed by atoms with Crippen molar-refractivity contribution in [2.45, 2.75) is 46.0 Å². The number of rotatable bonds is 7. The molecule has 1 rings (SSSR count). The molecule has 1 nitrogen and oxygen atoms in total. The Morgan fingerprint density at radius 3 is 2.62 bits per heavy atom. The molecule has 0 spiro atoms. The molecule has 0 fully saturated rings. The summed E-state index contributed by atoms with van der Waals surface area (Å²) in [5.74, 6) is 0. The van der Waals surface area contributed by atoms with Crippen LogP contribution in [0.1, 0.15) is 45.1 Å². The van der Waals surface area contributed by atoms with Crippen molar-refractivity contribution in [2.24, 2.45) is 0 Å². The fourth-order valence-electron chi connectivity index (χ4n) is 1.80. The van der Waals surface area contributed by atoms with Crippen LogP contribution in [-0.2, 0) is 6.42 Å². The van der Waals surface area contributed by atoms with Crippen LogP contribution in [0, 0.1) is 0 Å². The Kier molecular flexibility index (Phi) is 6.55. The summed E-state index contributed by atoms with van der Waals surface area (Å²) in [6, 6.07) is 6.48. The Morgan fingerprint density at radius 2 is 1.94 bits per heavy atom. The Balaban J connectivity index is 2.41. The summed E-state index contributed by atoms with van der Waals surface area (Å²) in [6.45, 7) is 5.54. The van der Waals surface area contributed by atoms with E-state index in [1.54, 1.807) is 0 Å². The van der Waals surface area contributed by atoms with Gasteiger partial charge in [0.05, 0.1) is 0 Å². The average molecular weight is 284 g/mol. The van der Waals surface area contributed by atoms with Crippen LogP contribution in [-0.4, -0.2) is 6.54 Å². The third kappa shape index (κ3) is 4.56. The number of anilines is 1. The lowest BCUT2D eigenvalue weighted by molar-refractivity contribution is 0.685. The van der Waals surface area contributed by atoms with Crippen LogP contribution in [0.15, 0.2) is 22.7 Å². The number of hydrogen-bond acceptors (Lipinski definition) is 1. The van der Waals surface area contributed by atoms with E-state index in [1.165, 1.54) is 41.4 Å². The lowest BCUT2D eigenvalue weighted by Crippen LogP contribution is -2.03. The van der Waals surface area contributed by atoms with Gasteiger partial charge in [-0.15, -0.1) is 0 Å². The van der Waals surface area contributed by atoms with Crippen LogP contribution in [0.3, 0.4) is 0 Å². The van der Waals surface area contributed by atoms with Gasteiger partial charge < -0.3 is 5.32 Å². The minimum Gasteiger partial charge on any atom is -0.385 e. The summed E-state index contributed by atoms with van der Waals surface area (Å²) >= 11 is 3.51. The van der Waals surface area contributed by atoms with E-state index in [4.69, 9.17) is 0 Å². The summed E-state index contributed by atoms with van der Waals surface area (Å²) in [5.41, 5.74) is 2.69. The third-order valence-corrected chi connectivity index (χ3v) is 3.29. The molecular formula is C14H22BrN. The van der Waals surface area contributed by atoms with E-state index >= 15 is 0 Å². The molecule has 0 amide bonds. The molecular weight excluding hydrogens is 262 g/mol. The van der Waals surface area contributed by atoms with Gasteiger partial charge in [-0.3, -0.25) is 0 Å². The van der Waals surface area contributed by atoms with Gasteiger partial charge in [-0.1, -0.05) is 49.0 Å². The summed E-state index contributed by atoms with van der Waals surface area (Å²) in [4.78, 5) is 0. The maximum absolute atomic E-state index is 3.53. The normalized spacial score (nSPS) is 10.4. The largest absolute Gasteiger partial charge is 0.385 e. The second-order valence-electron chi connectivity index (χ2n) is 4.14. The van der Waals surface area contributed by atoms with Gasteiger partial charge in [-0.2, -0.15) is 0 Å². The fourth-order valence-corrected chi connectivity index (χ4v) is 2.21. The second kappa shape index (κ2) is 7.72. The number of aryl methyl sites for hydroxylation is 1. The first-order chi connectivity index (χ1) is 7.77. The molecule has 0 atom stereocenters. The van der Waals surface area contributed by atoms with Gasteiger partial charge in [0.25, 0.3) is 0 Å². The van der Waals surface area contributed by atoms with Gasteiger partial charge in [-0.05, 0) is 36.6 Å². The lowest BCUT2D eigenvalue weighted by Gasteiger charge is -2.11. The molecule has 0 aromatic heterocycles. The zero-order valence-corrected chi connectivity index (χ0v) is 11.9. The molecule has 0 radical (unpaired) electrons. The smallest absolute Gasteiger partial charge is 0.0373 e. The first-order valence-electron chi connectivity index (χ1n) is 6.30. The molecule has 0 saturated carbocycles. The number of hydrogen-bond donors (Lipinski definition) is 1. The van der Waals surface area contributed by atoms with Crippen molar-refractivity contribution in [1.29, 1.82) is 0 Å². The van der Waals surface area contributed by atoms with Crippen molar-refractivity contribution in [1.82, 2.24) is 0 Å². The van der Waals surface area contributed by atoms with Crippen molar-refractivity contribution in [3.63, 3.8) is 0 Å². The number of halogens is 1. The zero-order chi connectivity index (χ0) is 11.8. The predicted octanol–water partition coefficient (Wildman–Crippen LogP) is 5.00. The standard InChI is InChI=1S/C14H22BrN/c1-3-5-6-7-10-16-14-9-8-13(15)11-12(14)4-2/h8-9,11,16H,3-7,10H2,1-2H3. The van der Waals surface area contributed by atoms with Crippen molar-refractivity contribution in [3.8, 4) is 0 Å². The van der Waals surface area contributed by atoms with Crippen LogP contribution >= 0.6 is 15.9 Å². The first-order valence-corrected chi connectivity index (χ1v) is 7.09. The minimum absolute atomic E-state index is 1.08. The molecule has 0 aliphatic carbocycles. The molecule has 0 heterocycles. The minimum atomic E-state index is 1.08.